The zero-order chi connectivity index (χ0) is 13.1. The van der Waals surface area contributed by atoms with Gasteiger partial charge in [0.2, 0.25) is 0 Å². The van der Waals surface area contributed by atoms with Gasteiger partial charge >= 0.3 is 0 Å². The molecule has 0 spiro atoms. The van der Waals surface area contributed by atoms with E-state index < -0.39 is 0 Å². The van der Waals surface area contributed by atoms with Crippen molar-refractivity contribution >= 4 is 22.2 Å². The number of thiazole rings is 1. The number of aryl methyl sites for hydroxylation is 1. The van der Waals surface area contributed by atoms with Crippen molar-refractivity contribution in [2.24, 2.45) is 0 Å². The lowest BCUT2D eigenvalue weighted by atomic mass is 10.1. The molecular formula is C14H15N3S. The SMILES string of the molecule is Cc1cc(C#N)ccc1Nc1nc(C(C)C)cs1. The molecule has 0 amide bonds. The van der Waals surface area contributed by atoms with E-state index in [9.17, 15) is 0 Å². The maximum atomic E-state index is 8.83. The minimum Gasteiger partial charge on any atom is -0.331 e. The average molecular weight is 257 g/mol. The van der Waals surface area contributed by atoms with Crippen LogP contribution in [-0.2, 0) is 0 Å². The molecule has 92 valence electrons. The van der Waals surface area contributed by atoms with Crippen LogP contribution in [0.5, 0.6) is 0 Å². The summed E-state index contributed by atoms with van der Waals surface area (Å²) in [5.41, 5.74) is 3.84. The van der Waals surface area contributed by atoms with Crippen LogP contribution < -0.4 is 5.32 Å². The Morgan fingerprint density at radius 2 is 2.17 bits per heavy atom. The Hall–Kier alpha value is -1.86. The van der Waals surface area contributed by atoms with Crippen molar-refractivity contribution in [2.45, 2.75) is 26.7 Å². The quantitative estimate of drug-likeness (QED) is 0.896. The number of hydrogen-bond donors (Lipinski definition) is 1. The first-order valence-electron chi connectivity index (χ1n) is 5.83. The first-order valence-corrected chi connectivity index (χ1v) is 6.71. The Bertz CT molecular complexity index is 593. The van der Waals surface area contributed by atoms with Gasteiger partial charge in [0, 0.05) is 11.1 Å². The molecule has 0 unspecified atom stereocenters. The van der Waals surface area contributed by atoms with Gasteiger partial charge in [0.1, 0.15) is 0 Å². The second kappa shape index (κ2) is 5.19. The van der Waals surface area contributed by atoms with Crippen LogP contribution in [0.25, 0.3) is 0 Å². The summed E-state index contributed by atoms with van der Waals surface area (Å²) in [5, 5.41) is 15.1. The van der Waals surface area contributed by atoms with Gasteiger partial charge in [-0.2, -0.15) is 5.26 Å². The van der Waals surface area contributed by atoms with E-state index in [0.29, 0.717) is 11.5 Å². The lowest BCUT2D eigenvalue weighted by Gasteiger charge is -2.06. The van der Waals surface area contributed by atoms with Crippen LogP contribution in [0.4, 0.5) is 10.8 Å². The van der Waals surface area contributed by atoms with E-state index in [-0.39, 0.29) is 0 Å². The van der Waals surface area contributed by atoms with E-state index in [2.05, 4.69) is 35.6 Å². The molecule has 0 saturated heterocycles. The van der Waals surface area contributed by atoms with Crippen LogP contribution in [-0.4, -0.2) is 4.98 Å². The van der Waals surface area contributed by atoms with Crippen molar-refractivity contribution < 1.29 is 0 Å². The number of nitrogens with zero attached hydrogens (tertiary/aromatic N) is 2. The summed E-state index contributed by atoms with van der Waals surface area (Å²) >= 11 is 1.60. The standard InChI is InChI=1S/C14H15N3S/c1-9(2)13-8-18-14(17-13)16-12-5-4-11(7-15)6-10(12)3/h4-6,8-9H,1-3H3,(H,16,17). The van der Waals surface area contributed by atoms with Crippen molar-refractivity contribution in [3.05, 3.63) is 40.4 Å². The lowest BCUT2D eigenvalue weighted by molar-refractivity contribution is 0.834. The Kier molecular flexibility index (Phi) is 3.63. The largest absolute Gasteiger partial charge is 0.331 e. The van der Waals surface area contributed by atoms with Crippen molar-refractivity contribution in [1.82, 2.24) is 4.98 Å². The topological polar surface area (TPSA) is 48.7 Å². The van der Waals surface area contributed by atoms with E-state index in [4.69, 9.17) is 5.26 Å². The summed E-state index contributed by atoms with van der Waals surface area (Å²) in [6.45, 7) is 6.25. The molecule has 1 aromatic heterocycles. The minimum atomic E-state index is 0.443. The molecule has 0 atom stereocenters. The third-order valence-corrected chi connectivity index (χ3v) is 3.49. The smallest absolute Gasteiger partial charge is 0.187 e. The maximum absolute atomic E-state index is 8.83. The third-order valence-electron chi connectivity index (χ3n) is 2.71. The summed E-state index contributed by atoms with van der Waals surface area (Å²) in [5.74, 6) is 0.443. The number of anilines is 2. The number of nitriles is 1. The van der Waals surface area contributed by atoms with E-state index in [0.717, 1.165) is 22.1 Å². The fourth-order valence-corrected chi connectivity index (χ4v) is 2.48. The Morgan fingerprint density at radius 1 is 1.39 bits per heavy atom. The summed E-state index contributed by atoms with van der Waals surface area (Å²) < 4.78 is 0. The molecule has 0 fully saturated rings. The molecule has 3 nitrogen and oxygen atoms in total. The molecule has 0 aliphatic heterocycles. The molecule has 0 saturated carbocycles. The molecule has 2 aromatic rings. The Balaban J connectivity index is 2.21. The summed E-state index contributed by atoms with van der Waals surface area (Å²) in [4.78, 5) is 4.53. The van der Waals surface area contributed by atoms with E-state index in [1.807, 2.05) is 25.1 Å². The molecule has 0 radical (unpaired) electrons. The highest BCUT2D eigenvalue weighted by molar-refractivity contribution is 7.13. The fourth-order valence-electron chi connectivity index (χ4n) is 1.60. The fraction of sp³-hybridized carbons (Fsp3) is 0.286. The summed E-state index contributed by atoms with van der Waals surface area (Å²) in [6, 6.07) is 7.74. The monoisotopic (exact) mass is 257 g/mol. The van der Waals surface area contributed by atoms with Gasteiger partial charge in [-0.25, -0.2) is 4.98 Å². The van der Waals surface area contributed by atoms with Crippen molar-refractivity contribution in [1.29, 1.82) is 5.26 Å². The molecule has 2 rings (SSSR count). The second-order valence-corrected chi connectivity index (χ2v) is 5.36. The molecule has 1 aromatic carbocycles. The molecule has 0 aliphatic carbocycles. The third kappa shape index (κ3) is 2.69. The van der Waals surface area contributed by atoms with E-state index >= 15 is 0 Å². The van der Waals surface area contributed by atoms with Gasteiger partial charge in [0.25, 0.3) is 0 Å². The molecule has 18 heavy (non-hydrogen) atoms. The van der Waals surface area contributed by atoms with Gasteiger partial charge in [-0.1, -0.05) is 13.8 Å². The molecular weight excluding hydrogens is 242 g/mol. The first-order chi connectivity index (χ1) is 8.60. The van der Waals surface area contributed by atoms with Crippen molar-refractivity contribution in [3.8, 4) is 6.07 Å². The highest BCUT2D eigenvalue weighted by Crippen LogP contribution is 2.26. The van der Waals surface area contributed by atoms with Gasteiger partial charge in [-0.3, -0.25) is 0 Å². The highest BCUT2D eigenvalue weighted by atomic mass is 32.1. The van der Waals surface area contributed by atoms with E-state index in [1.165, 1.54) is 0 Å². The van der Waals surface area contributed by atoms with Gasteiger partial charge < -0.3 is 5.32 Å². The molecule has 1 N–H and O–H groups in total. The van der Waals surface area contributed by atoms with Crippen LogP contribution in [0.1, 0.15) is 36.6 Å². The predicted molar refractivity (Wildman–Crippen MR) is 75.4 cm³/mol. The van der Waals surface area contributed by atoms with Crippen molar-refractivity contribution in [3.63, 3.8) is 0 Å². The van der Waals surface area contributed by atoms with Gasteiger partial charge in [-0.05, 0) is 36.6 Å². The molecule has 4 heteroatoms. The number of benzene rings is 1. The highest BCUT2D eigenvalue weighted by Gasteiger charge is 2.07. The number of nitrogens with one attached hydrogen (secondary N) is 1. The van der Waals surface area contributed by atoms with Crippen LogP contribution >= 0.6 is 11.3 Å². The molecule has 1 heterocycles. The van der Waals surface area contributed by atoms with Gasteiger partial charge in [0.15, 0.2) is 5.13 Å². The molecule has 0 bridgehead atoms. The second-order valence-electron chi connectivity index (χ2n) is 4.50. The number of rotatable bonds is 3. The Morgan fingerprint density at radius 3 is 2.72 bits per heavy atom. The average Bonchev–Trinajstić information content (AvgIpc) is 2.80. The minimum absolute atomic E-state index is 0.443. The van der Waals surface area contributed by atoms with Crippen LogP contribution in [0.3, 0.4) is 0 Å². The zero-order valence-corrected chi connectivity index (χ0v) is 11.5. The number of aromatic nitrogens is 1. The maximum Gasteiger partial charge on any atom is 0.187 e. The predicted octanol–water partition coefficient (Wildman–Crippen LogP) is 4.19. The van der Waals surface area contributed by atoms with Crippen LogP contribution in [0.15, 0.2) is 23.6 Å². The van der Waals surface area contributed by atoms with Gasteiger partial charge in [-0.15, -0.1) is 11.3 Å². The lowest BCUT2D eigenvalue weighted by Crippen LogP contribution is -1.94. The number of hydrogen-bond acceptors (Lipinski definition) is 4. The zero-order valence-electron chi connectivity index (χ0n) is 10.7. The molecule has 0 aliphatic rings. The first kappa shape index (κ1) is 12.6. The normalized spacial score (nSPS) is 10.4. The summed E-state index contributed by atoms with van der Waals surface area (Å²) in [6.07, 6.45) is 0. The Labute approximate surface area is 111 Å². The van der Waals surface area contributed by atoms with E-state index in [1.54, 1.807) is 11.3 Å². The van der Waals surface area contributed by atoms with Gasteiger partial charge in [0.05, 0.1) is 17.3 Å². The van der Waals surface area contributed by atoms with Crippen molar-refractivity contribution in [2.75, 3.05) is 5.32 Å². The summed E-state index contributed by atoms with van der Waals surface area (Å²) in [7, 11) is 0. The van der Waals surface area contributed by atoms with Crippen LogP contribution in [0.2, 0.25) is 0 Å². The van der Waals surface area contributed by atoms with Crippen LogP contribution in [0, 0.1) is 18.3 Å².